The number of pyridine rings is 1. The first-order chi connectivity index (χ1) is 9.35. The van der Waals surface area contributed by atoms with Gasteiger partial charge in [-0.1, -0.05) is 18.2 Å². The summed E-state index contributed by atoms with van der Waals surface area (Å²) in [5.74, 6) is -0.0457. The van der Waals surface area contributed by atoms with Crippen LogP contribution in [0.25, 0.3) is 10.9 Å². The quantitative estimate of drug-likeness (QED) is 0.902. The first-order valence-electron chi connectivity index (χ1n) is 6.76. The summed E-state index contributed by atoms with van der Waals surface area (Å²) in [5, 5.41) is 7.09. The van der Waals surface area contributed by atoms with Crippen molar-refractivity contribution in [3.63, 3.8) is 0 Å². The molecule has 0 saturated carbocycles. The number of nitrogens with one attached hydrogen (secondary N) is 2. The van der Waals surface area contributed by atoms with Crippen molar-refractivity contribution < 1.29 is 4.79 Å². The first-order valence-corrected chi connectivity index (χ1v) is 6.76. The van der Waals surface area contributed by atoms with Crippen molar-refractivity contribution in [1.29, 1.82) is 0 Å². The van der Waals surface area contributed by atoms with Gasteiger partial charge in [-0.25, -0.2) is 0 Å². The molecule has 0 radical (unpaired) electrons. The highest BCUT2D eigenvalue weighted by atomic mass is 16.1. The van der Waals surface area contributed by atoms with Gasteiger partial charge in [0, 0.05) is 16.6 Å². The Morgan fingerprint density at radius 3 is 2.65 bits per heavy atom. The Morgan fingerprint density at radius 1 is 1.25 bits per heavy atom. The maximum absolute atomic E-state index is 12.0. The van der Waals surface area contributed by atoms with Crippen LogP contribution in [0, 0.1) is 6.92 Å². The number of amides is 1. The Morgan fingerprint density at radius 2 is 1.95 bits per heavy atom. The Balaban J connectivity index is 2.19. The van der Waals surface area contributed by atoms with Crippen molar-refractivity contribution in [3.8, 4) is 0 Å². The predicted octanol–water partition coefficient (Wildman–Crippen LogP) is 2.87. The molecule has 0 bridgehead atoms. The SMILES string of the molecule is Cc1cc(NC(=O)CNC(C)(C)C)c2ccccc2n1. The van der Waals surface area contributed by atoms with Crippen LogP contribution in [0.4, 0.5) is 5.69 Å². The average molecular weight is 271 g/mol. The fourth-order valence-corrected chi connectivity index (χ4v) is 1.95. The molecule has 0 spiro atoms. The van der Waals surface area contributed by atoms with Gasteiger partial charge in [0.25, 0.3) is 0 Å². The lowest BCUT2D eigenvalue weighted by molar-refractivity contribution is -0.115. The van der Waals surface area contributed by atoms with Crippen LogP contribution >= 0.6 is 0 Å². The molecule has 1 amide bonds. The zero-order chi connectivity index (χ0) is 14.8. The second-order valence-electron chi connectivity index (χ2n) is 5.98. The first kappa shape index (κ1) is 14.5. The molecular weight excluding hydrogens is 250 g/mol. The van der Waals surface area contributed by atoms with Crippen molar-refractivity contribution in [1.82, 2.24) is 10.3 Å². The molecular formula is C16H21N3O. The van der Waals surface area contributed by atoms with Crippen molar-refractivity contribution in [2.45, 2.75) is 33.2 Å². The van der Waals surface area contributed by atoms with Gasteiger partial charge in [0.1, 0.15) is 0 Å². The largest absolute Gasteiger partial charge is 0.324 e. The number of aromatic nitrogens is 1. The molecule has 1 aromatic carbocycles. The topological polar surface area (TPSA) is 54.0 Å². The van der Waals surface area contributed by atoms with Crippen molar-refractivity contribution in [2.24, 2.45) is 0 Å². The fraction of sp³-hybridized carbons (Fsp3) is 0.375. The van der Waals surface area contributed by atoms with E-state index in [1.165, 1.54) is 0 Å². The molecule has 0 aliphatic rings. The molecule has 2 rings (SSSR count). The Hall–Kier alpha value is -1.94. The van der Waals surface area contributed by atoms with Crippen LogP contribution < -0.4 is 10.6 Å². The van der Waals surface area contributed by atoms with E-state index in [1.54, 1.807) is 0 Å². The van der Waals surface area contributed by atoms with Crippen LogP contribution in [-0.2, 0) is 4.79 Å². The number of carbonyl (C=O) groups is 1. The van der Waals surface area contributed by atoms with E-state index in [4.69, 9.17) is 0 Å². The van der Waals surface area contributed by atoms with E-state index < -0.39 is 0 Å². The maximum Gasteiger partial charge on any atom is 0.238 e. The zero-order valence-electron chi connectivity index (χ0n) is 12.4. The van der Waals surface area contributed by atoms with E-state index in [-0.39, 0.29) is 11.4 Å². The summed E-state index contributed by atoms with van der Waals surface area (Å²) in [5.41, 5.74) is 2.52. The molecule has 20 heavy (non-hydrogen) atoms. The number of carbonyl (C=O) groups excluding carboxylic acids is 1. The van der Waals surface area contributed by atoms with Gasteiger partial charge in [-0.05, 0) is 39.8 Å². The van der Waals surface area contributed by atoms with Gasteiger partial charge < -0.3 is 10.6 Å². The minimum atomic E-state index is -0.0758. The number of benzene rings is 1. The van der Waals surface area contributed by atoms with Crippen LogP contribution in [0.1, 0.15) is 26.5 Å². The molecule has 1 aromatic heterocycles. The fourth-order valence-electron chi connectivity index (χ4n) is 1.95. The minimum absolute atomic E-state index is 0.0457. The van der Waals surface area contributed by atoms with Crippen LogP contribution in [-0.4, -0.2) is 23.0 Å². The van der Waals surface area contributed by atoms with Crippen LogP contribution in [0.5, 0.6) is 0 Å². The molecule has 0 fully saturated rings. The molecule has 0 aliphatic heterocycles. The summed E-state index contributed by atoms with van der Waals surface area (Å²) in [6.07, 6.45) is 0. The number of rotatable bonds is 3. The molecule has 0 unspecified atom stereocenters. The zero-order valence-corrected chi connectivity index (χ0v) is 12.4. The number of hydrogen-bond donors (Lipinski definition) is 2. The highest BCUT2D eigenvalue weighted by Crippen LogP contribution is 2.22. The average Bonchev–Trinajstić information content (AvgIpc) is 2.35. The minimum Gasteiger partial charge on any atom is -0.324 e. The number of hydrogen-bond acceptors (Lipinski definition) is 3. The van der Waals surface area contributed by atoms with E-state index >= 15 is 0 Å². The normalized spacial score (nSPS) is 11.6. The molecule has 106 valence electrons. The summed E-state index contributed by atoms with van der Waals surface area (Å²) in [6.45, 7) is 8.32. The van der Waals surface area contributed by atoms with E-state index in [2.05, 4.69) is 15.6 Å². The summed E-state index contributed by atoms with van der Waals surface area (Å²) in [6, 6.07) is 9.71. The molecule has 0 aliphatic carbocycles. The van der Waals surface area contributed by atoms with Gasteiger partial charge in [0.15, 0.2) is 0 Å². The van der Waals surface area contributed by atoms with E-state index in [0.717, 1.165) is 22.3 Å². The monoisotopic (exact) mass is 271 g/mol. The van der Waals surface area contributed by atoms with Crippen LogP contribution in [0.3, 0.4) is 0 Å². The highest BCUT2D eigenvalue weighted by Gasteiger charge is 2.12. The van der Waals surface area contributed by atoms with Gasteiger partial charge in [-0.3, -0.25) is 9.78 Å². The molecule has 2 N–H and O–H groups in total. The third-order valence-corrected chi connectivity index (χ3v) is 2.90. The second-order valence-corrected chi connectivity index (χ2v) is 5.98. The Labute approximate surface area is 119 Å². The third kappa shape index (κ3) is 3.78. The Bertz CT molecular complexity index is 629. The number of fused-ring (bicyclic) bond motifs is 1. The Kier molecular flexibility index (Phi) is 4.04. The summed E-state index contributed by atoms with van der Waals surface area (Å²) in [7, 11) is 0. The van der Waals surface area contributed by atoms with Crippen molar-refractivity contribution in [2.75, 3.05) is 11.9 Å². The summed E-state index contributed by atoms with van der Waals surface area (Å²) < 4.78 is 0. The number of nitrogens with zero attached hydrogens (tertiary/aromatic N) is 1. The van der Waals surface area contributed by atoms with E-state index in [0.29, 0.717) is 6.54 Å². The lowest BCUT2D eigenvalue weighted by Crippen LogP contribution is -2.41. The van der Waals surface area contributed by atoms with Gasteiger partial charge in [0.05, 0.1) is 17.7 Å². The van der Waals surface area contributed by atoms with E-state index in [1.807, 2.05) is 58.0 Å². The summed E-state index contributed by atoms with van der Waals surface area (Å²) in [4.78, 5) is 16.5. The highest BCUT2D eigenvalue weighted by molar-refractivity contribution is 6.01. The van der Waals surface area contributed by atoms with Gasteiger partial charge in [0.2, 0.25) is 5.91 Å². The third-order valence-electron chi connectivity index (χ3n) is 2.90. The van der Waals surface area contributed by atoms with E-state index in [9.17, 15) is 4.79 Å². The maximum atomic E-state index is 12.0. The standard InChI is InChI=1S/C16H21N3O/c1-11-9-14(12-7-5-6-8-13(12)18-11)19-15(20)10-17-16(2,3)4/h5-9,17H,10H2,1-4H3,(H,18,19,20). The van der Waals surface area contributed by atoms with Gasteiger partial charge >= 0.3 is 0 Å². The van der Waals surface area contributed by atoms with Gasteiger partial charge in [-0.15, -0.1) is 0 Å². The molecule has 1 heterocycles. The van der Waals surface area contributed by atoms with Crippen molar-refractivity contribution >= 4 is 22.5 Å². The molecule has 0 saturated heterocycles. The molecule has 4 heteroatoms. The number of para-hydroxylation sites is 1. The smallest absolute Gasteiger partial charge is 0.238 e. The predicted molar refractivity (Wildman–Crippen MR) is 82.9 cm³/mol. The number of anilines is 1. The molecule has 0 atom stereocenters. The van der Waals surface area contributed by atoms with Crippen LogP contribution in [0.2, 0.25) is 0 Å². The van der Waals surface area contributed by atoms with Crippen molar-refractivity contribution in [3.05, 3.63) is 36.0 Å². The second kappa shape index (κ2) is 5.59. The van der Waals surface area contributed by atoms with Crippen LogP contribution in [0.15, 0.2) is 30.3 Å². The number of aryl methyl sites for hydroxylation is 1. The summed E-state index contributed by atoms with van der Waals surface area (Å²) >= 11 is 0. The lowest BCUT2D eigenvalue weighted by Gasteiger charge is -2.20. The molecule has 4 nitrogen and oxygen atoms in total. The lowest BCUT2D eigenvalue weighted by atomic mass is 10.1. The van der Waals surface area contributed by atoms with Gasteiger partial charge in [-0.2, -0.15) is 0 Å². The molecule has 2 aromatic rings.